The van der Waals surface area contributed by atoms with Crippen LogP contribution in [0, 0.1) is 13.8 Å². The van der Waals surface area contributed by atoms with Gasteiger partial charge in [-0.15, -0.1) is 0 Å². The molecule has 2 N–H and O–H groups in total. The Bertz CT molecular complexity index is 1600. The van der Waals surface area contributed by atoms with Gasteiger partial charge in [-0.05, 0) is 59.9 Å². The van der Waals surface area contributed by atoms with Gasteiger partial charge in [-0.2, -0.15) is 13.0 Å². The monoisotopic (exact) mass is 493 g/mol. The molecule has 8 nitrogen and oxygen atoms in total. The van der Waals surface area contributed by atoms with Crippen molar-refractivity contribution in [2.45, 2.75) is 26.8 Å². The molecule has 1 aromatic heterocycles. The van der Waals surface area contributed by atoms with Crippen molar-refractivity contribution in [3.05, 3.63) is 76.9 Å². The summed E-state index contributed by atoms with van der Waals surface area (Å²) in [4.78, 5) is 24.0. The second-order valence-electron chi connectivity index (χ2n) is 8.46. The molecular weight excluding hydrogens is 470 g/mol. The van der Waals surface area contributed by atoms with E-state index in [4.69, 9.17) is 0 Å². The van der Waals surface area contributed by atoms with Crippen LogP contribution in [0.2, 0.25) is 0 Å². The molecule has 0 radical (unpaired) electrons. The van der Waals surface area contributed by atoms with Crippen molar-refractivity contribution < 1.29 is 37.3 Å². The zero-order chi connectivity index (χ0) is 25.5. The fourth-order valence-corrected chi connectivity index (χ4v) is 5.29. The molecule has 0 aliphatic carbocycles. The Morgan fingerprint density at radius 2 is 1.60 bits per heavy atom. The number of hydrogen-bond acceptors (Lipinski definition) is 5. The molecular formula is C26H23NO7S. The van der Waals surface area contributed by atoms with E-state index >= 15 is 0 Å². The lowest BCUT2D eigenvalue weighted by atomic mass is 9.88. The number of fused-ring (bicyclic) bond motifs is 2. The molecule has 3 aromatic carbocycles. The fraction of sp³-hybridized carbons (Fsp3) is 0.192. The Kier molecular flexibility index (Phi) is 6.31. The van der Waals surface area contributed by atoms with Gasteiger partial charge in [0.1, 0.15) is 0 Å². The van der Waals surface area contributed by atoms with Gasteiger partial charge >= 0.3 is 5.97 Å². The van der Waals surface area contributed by atoms with Gasteiger partial charge < -0.3 is 15.0 Å². The number of benzene rings is 3. The van der Waals surface area contributed by atoms with Crippen molar-refractivity contribution in [1.29, 1.82) is 0 Å². The first-order valence-corrected chi connectivity index (χ1v) is 12.5. The maximum Gasteiger partial charge on any atom is 0.337 e. The molecule has 0 aliphatic rings. The molecule has 4 aromatic rings. The topological polar surface area (TPSA) is 136 Å². The molecule has 0 spiro atoms. The molecule has 0 aliphatic heterocycles. The number of pyridine rings is 1. The van der Waals surface area contributed by atoms with Crippen LogP contribution >= 0.6 is 0 Å². The molecule has 0 saturated heterocycles. The van der Waals surface area contributed by atoms with Crippen LogP contribution in [-0.2, 0) is 16.7 Å². The van der Waals surface area contributed by atoms with E-state index in [0.717, 1.165) is 0 Å². The number of nitrogens with zero attached hydrogens (tertiary/aromatic N) is 1. The van der Waals surface area contributed by atoms with E-state index in [0.29, 0.717) is 44.1 Å². The second-order valence-corrected chi connectivity index (χ2v) is 10.0. The highest BCUT2D eigenvalue weighted by Gasteiger charge is 2.27. The lowest BCUT2D eigenvalue weighted by Gasteiger charge is -2.17. The van der Waals surface area contributed by atoms with E-state index in [9.17, 15) is 32.8 Å². The average molecular weight is 494 g/mol. The molecule has 0 amide bonds. The zero-order valence-electron chi connectivity index (χ0n) is 19.1. The minimum atomic E-state index is -4.16. The van der Waals surface area contributed by atoms with Crippen LogP contribution in [0.3, 0.4) is 0 Å². The van der Waals surface area contributed by atoms with E-state index in [1.165, 1.54) is 12.1 Å². The predicted molar refractivity (Wildman–Crippen MR) is 129 cm³/mol. The number of carboxylic acid groups (broad SMARTS) is 2. The standard InChI is InChI=1S/C26H23NO7S/c1-15-13-17(25(28)29)14-16(2)22(15)19-8-5-10-21-23(19)24(26(30)31)18-7-3-4-9-20(18)27(21)11-6-12-35(32,33)34/h3-5,7-10,13-14H,6,11-12H2,1-2H3,(H2-,28,29,30,31,32,33,34). The summed E-state index contributed by atoms with van der Waals surface area (Å²) in [5.41, 5.74) is 3.96. The number of para-hydroxylation sites is 1. The van der Waals surface area contributed by atoms with Gasteiger partial charge in [0, 0.05) is 18.6 Å². The number of aromatic nitrogens is 1. The number of aromatic carboxylic acids is 2. The normalized spacial score (nSPS) is 11.7. The lowest BCUT2D eigenvalue weighted by Crippen LogP contribution is -2.37. The summed E-state index contributed by atoms with van der Waals surface area (Å²) < 4.78 is 33.7. The van der Waals surface area contributed by atoms with Gasteiger partial charge in [0.05, 0.1) is 28.1 Å². The fourth-order valence-electron chi connectivity index (χ4n) is 4.80. The minimum absolute atomic E-state index is 0.0353. The molecule has 180 valence electrons. The Morgan fingerprint density at radius 3 is 2.20 bits per heavy atom. The number of aryl methyl sites for hydroxylation is 3. The minimum Gasteiger partial charge on any atom is -0.545 e. The zero-order valence-corrected chi connectivity index (χ0v) is 19.9. The molecule has 4 rings (SSSR count). The summed E-state index contributed by atoms with van der Waals surface area (Å²) in [5.74, 6) is -2.85. The summed E-state index contributed by atoms with van der Waals surface area (Å²) in [6, 6.07) is 15.3. The SMILES string of the molecule is Cc1cc(C(=O)[O-])cc(C)c1-c1cccc2c1c(C(=O)O)c1ccccc1[n+]2CCCS(=O)(=O)O. The highest BCUT2D eigenvalue weighted by Crippen LogP contribution is 2.37. The van der Waals surface area contributed by atoms with Crippen LogP contribution in [0.4, 0.5) is 0 Å². The van der Waals surface area contributed by atoms with Crippen LogP contribution in [-0.4, -0.2) is 35.8 Å². The summed E-state index contributed by atoms with van der Waals surface area (Å²) in [7, 11) is -4.16. The van der Waals surface area contributed by atoms with Crippen LogP contribution in [0.5, 0.6) is 0 Å². The van der Waals surface area contributed by atoms with Crippen LogP contribution in [0.25, 0.3) is 32.9 Å². The maximum absolute atomic E-state index is 12.6. The Balaban J connectivity index is 2.11. The Labute approximate surface area is 201 Å². The van der Waals surface area contributed by atoms with Crippen LogP contribution in [0.15, 0.2) is 54.6 Å². The van der Waals surface area contributed by atoms with E-state index in [2.05, 4.69) is 0 Å². The third kappa shape index (κ3) is 4.60. The van der Waals surface area contributed by atoms with Gasteiger partial charge in [-0.3, -0.25) is 4.55 Å². The highest BCUT2D eigenvalue weighted by molar-refractivity contribution is 7.85. The molecule has 35 heavy (non-hydrogen) atoms. The van der Waals surface area contributed by atoms with E-state index < -0.39 is 27.8 Å². The number of hydrogen-bond donors (Lipinski definition) is 2. The lowest BCUT2D eigenvalue weighted by molar-refractivity contribution is -0.645. The van der Waals surface area contributed by atoms with Crippen molar-refractivity contribution in [3.8, 4) is 11.1 Å². The van der Waals surface area contributed by atoms with Gasteiger partial charge in [0.25, 0.3) is 10.1 Å². The molecule has 0 saturated carbocycles. The molecule has 9 heteroatoms. The second kappa shape index (κ2) is 9.09. The average Bonchev–Trinajstić information content (AvgIpc) is 2.77. The smallest absolute Gasteiger partial charge is 0.337 e. The summed E-state index contributed by atoms with van der Waals surface area (Å²) in [5, 5.41) is 22.6. The third-order valence-electron chi connectivity index (χ3n) is 6.08. The number of carbonyl (C=O) groups is 2. The molecule has 0 unspecified atom stereocenters. The van der Waals surface area contributed by atoms with Gasteiger partial charge in [-0.25, -0.2) is 4.79 Å². The third-order valence-corrected chi connectivity index (χ3v) is 6.89. The van der Waals surface area contributed by atoms with E-state index in [1.807, 2.05) is 4.57 Å². The summed E-state index contributed by atoms with van der Waals surface area (Å²) in [6.07, 6.45) is 0.123. The molecule has 0 fully saturated rings. The van der Waals surface area contributed by atoms with Crippen molar-refractivity contribution >= 4 is 43.9 Å². The van der Waals surface area contributed by atoms with Crippen molar-refractivity contribution in [3.63, 3.8) is 0 Å². The Hall–Kier alpha value is -3.82. The van der Waals surface area contributed by atoms with Crippen molar-refractivity contribution in [1.82, 2.24) is 0 Å². The van der Waals surface area contributed by atoms with Crippen LogP contribution < -0.4 is 9.67 Å². The molecule has 1 heterocycles. The van der Waals surface area contributed by atoms with E-state index in [1.54, 1.807) is 56.3 Å². The van der Waals surface area contributed by atoms with Crippen LogP contribution in [0.1, 0.15) is 38.3 Å². The highest BCUT2D eigenvalue weighted by atomic mass is 32.2. The molecule has 0 atom stereocenters. The number of carbonyl (C=O) groups excluding carboxylic acids is 1. The van der Waals surface area contributed by atoms with E-state index in [-0.39, 0.29) is 24.1 Å². The van der Waals surface area contributed by atoms with Gasteiger partial charge in [0.2, 0.25) is 11.0 Å². The molecule has 0 bridgehead atoms. The van der Waals surface area contributed by atoms with Gasteiger partial charge in [0.15, 0.2) is 6.54 Å². The number of carboxylic acids is 2. The maximum atomic E-state index is 12.6. The first-order valence-electron chi connectivity index (χ1n) is 10.9. The first-order chi connectivity index (χ1) is 16.5. The summed E-state index contributed by atoms with van der Waals surface area (Å²) >= 11 is 0. The van der Waals surface area contributed by atoms with Crippen molar-refractivity contribution in [2.75, 3.05) is 5.75 Å². The van der Waals surface area contributed by atoms with Gasteiger partial charge in [-0.1, -0.05) is 24.3 Å². The summed E-state index contributed by atoms with van der Waals surface area (Å²) in [6.45, 7) is 3.74. The quantitative estimate of drug-likeness (QED) is 0.230. The number of rotatable bonds is 7. The Morgan fingerprint density at radius 1 is 0.971 bits per heavy atom. The van der Waals surface area contributed by atoms with Crippen molar-refractivity contribution in [2.24, 2.45) is 0 Å². The predicted octanol–water partition coefficient (Wildman–Crippen LogP) is 2.90. The first kappa shape index (κ1) is 24.3. The largest absolute Gasteiger partial charge is 0.545 e.